The van der Waals surface area contributed by atoms with E-state index in [9.17, 15) is 63.1 Å². The number of aliphatic hydroxyl groups excluding tert-OH is 3. The van der Waals surface area contributed by atoms with Crippen LogP contribution in [0.15, 0.2) is 0 Å². The Morgan fingerprint density at radius 2 is 1.02 bits per heavy atom. The Labute approximate surface area is 338 Å². The third-order valence-electron chi connectivity index (χ3n) is 8.01. The number of hydrogen-bond acceptors (Lipinski definition) is 14. The molecule has 0 aromatic heterocycles. The van der Waals surface area contributed by atoms with Crippen LogP contribution in [-0.4, -0.2) is 108 Å². The third-order valence-corrected chi connectivity index (χ3v) is 10.0. The molecule has 1 aliphatic carbocycles. The van der Waals surface area contributed by atoms with Crippen molar-refractivity contribution in [2.24, 2.45) is 0 Å². The number of hydrogen-bond donors (Lipinski definition) is 8. The van der Waals surface area contributed by atoms with Crippen molar-refractivity contribution in [2.45, 2.75) is 140 Å². The van der Waals surface area contributed by atoms with Gasteiger partial charge in [0.05, 0.1) is 6.61 Å². The van der Waals surface area contributed by atoms with E-state index in [4.69, 9.17) is 24.9 Å². The molecule has 0 aromatic carbocycles. The van der Waals surface area contributed by atoms with Gasteiger partial charge >= 0.3 is 35.4 Å². The van der Waals surface area contributed by atoms with Crippen molar-refractivity contribution < 1.29 is 90.6 Å². The maximum absolute atomic E-state index is 13.0. The number of ether oxygens (including phenoxy) is 2. The second kappa shape index (κ2) is 28.4. The predicted molar refractivity (Wildman–Crippen MR) is 204 cm³/mol. The minimum Gasteiger partial charge on any atom is -0.456 e. The van der Waals surface area contributed by atoms with Crippen LogP contribution < -0.4 is 0 Å². The number of phosphoric acid groups is 3. The highest BCUT2D eigenvalue weighted by atomic mass is 31.2. The van der Waals surface area contributed by atoms with Gasteiger partial charge in [0.25, 0.3) is 0 Å². The van der Waals surface area contributed by atoms with Gasteiger partial charge in [-0.15, -0.1) is 6.42 Å². The number of terminal acetylenes is 1. The van der Waals surface area contributed by atoms with Gasteiger partial charge in [-0.25, -0.2) is 18.5 Å². The van der Waals surface area contributed by atoms with Gasteiger partial charge in [0.1, 0.15) is 43.2 Å². The highest BCUT2D eigenvalue weighted by Crippen LogP contribution is 2.51. The molecule has 8 atom stereocenters. The quantitative estimate of drug-likeness (QED) is 0.0203. The number of phosphoric ester groups is 3. The topological polar surface area (TPSA) is 303 Å². The Balaban J connectivity index is 2.94. The molecule has 19 nitrogen and oxygen atoms in total. The second-order valence-corrected chi connectivity index (χ2v) is 16.6. The summed E-state index contributed by atoms with van der Waals surface area (Å²) in [7, 11) is -16.7. The Morgan fingerprint density at radius 3 is 1.47 bits per heavy atom. The molecule has 0 bridgehead atoms. The normalized spacial score (nSPS) is 21.7. The maximum atomic E-state index is 13.0. The van der Waals surface area contributed by atoms with Gasteiger partial charge in [-0.05, 0) is 53.8 Å². The van der Waals surface area contributed by atoms with Gasteiger partial charge in [0, 0.05) is 12.3 Å². The third kappa shape index (κ3) is 24.8. The average molecular weight is 881 g/mol. The van der Waals surface area contributed by atoms with Crippen molar-refractivity contribution in [1.29, 1.82) is 0 Å². The summed E-state index contributed by atoms with van der Waals surface area (Å²) in [6, 6.07) is 0. The number of unbranched alkanes of at least 4 members (excludes halogenated alkanes) is 12. The smallest absolute Gasteiger partial charge is 0.456 e. The van der Waals surface area contributed by atoms with Crippen molar-refractivity contribution >= 4 is 35.4 Å². The molecule has 4 unspecified atom stereocenters. The van der Waals surface area contributed by atoms with Crippen LogP contribution in [0.1, 0.15) is 96.8 Å². The number of carbonyl (C=O) groups is 2. The van der Waals surface area contributed by atoms with Crippen LogP contribution in [0.4, 0.5) is 0 Å². The van der Waals surface area contributed by atoms with Crippen LogP contribution in [0.25, 0.3) is 0 Å². The van der Waals surface area contributed by atoms with Crippen LogP contribution in [0.2, 0.25) is 0 Å². The molecule has 1 saturated carbocycles. The summed E-state index contributed by atoms with van der Waals surface area (Å²) in [5, 5.41) is 31.6. The lowest BCUT2D eigenvalue weighted by atomic mass is 9.85. The molecular formula is C36H51O19P3. The van der Waals surface area contributed by atoms with E-state index < -0.39 is 91.3 Å². The van der Waals surface area contributed by atoms with E-state index in [0.717, 1.165) is 25.7 Å². The fourth-order valence-electron chi connectivity index (χ4n) is 5.35. The van der Waals surface area contributed by atoms with E-state index in [1.165, 1.54) is 44.9 Å². The van der Waals surface area contributed by atoms with Crippen molar-refractivity contribution in [3.63, 3.8) is 0 Å². The van der Waals surface area contributed by atoms with E-state index in [1.54, 1.807) is 0 Å². The zero-order chi connectivity index (χ0) is 43.6. The largest absolute Gasteiger partial charge is 0.472 e. The fraction of sp³-hybridized carbons (Fsp3) is 0.667. The molecule has 1 rings (SSSR count). The van der Waals surface area contributed by atoms with Gasteiger partial charge in [-0.3, -0.25) is 22.9 Å². The van der Waals surface area contributed by atoms with E-state index in [0.29, 0.717) is 12.8 Å². The Hall–Kier alpha value is -3.05. The van der Waals surface area contributed by atoms with Crippen LogP contribution >= 0.6 is 23.5 Å². The Morgan fingerprint density at radius 1 is 0.603 bits per heavy atom. The van der Waals surface area contributed by atoms with E-state index in [2.05, 4.69) is 57.4 Å². The zero-order valence-electron chi connectivity index (χ0n) is 31.8. The first-order valence-electron chi connectivity index (χ1n) is 18.3. The van der Waals surface area contributed by atoms with E-state index in [1.807, 2.05) is 11.8 Å². The van der Waals surface area contributed by atoms with Crippen LogP contribution in [0.3, 0.4) is 0 Å². The molecule has 0 heterocycles. The summed E-state index contributed by atoms with van der Waals surface area (Å²) in [6.45, 7) is 0.353. The lowest BCUT2D eigenvalue weighted by Crippen LogP contribution is -2.65. The number of aliphatic hydroxyl groups is 3. The summed E-state index contributed by atoms with van der Waals surface area (Å²) >= 11 is 0. The highest BCUT2D eigenvalue weighted by Gasteiger charge is 2.56. The van der Waals surface area contributed by atoms with Crippen LogP contribution in [-0.2, 0) is 50.9 Å². The first kappa shape index (κ1) is 53.0. The molecule has 1 fully saturated rings. The zero-order valence-corrected chi connectivity index (χ0v) is 34.5. The van der Waals surface area contributed by atoms with Gasteiger partial charge in [0.15, 0.2) is 6.10 Å². The summed E-state index contributed by atoms with van der Waals surface area (Å²) in [4.78, 5) is 72.2. The number of rotatable bonds is 26. The molecule has 0 aromatic rings. The van der Waals surface area contributed by atoms with Gasteiger partial charge in [0.2, 0.25) is 0 Å². The minimum absolute atomic E-state index is 0.0810. The molecule has 58 heavy (non-hydrogen) atoms. The SMILES string of the molecule is C#CC#CC#CC#CC#CC(=O)OC[C@H](COP(=O)(O)OC1C(O)[C@@H](OP(=O)(O)O)C(O)[C@@H](OP(=O)(O)O)[C@H]1O)OC(=O)CCCCCCCCCCCCCCC. The predicted octanol–water partition coefficient (Wildman–Crippen LogP) is 2.12. The number of esters is 2. The molecule has 22 heteroatoms. The van der Waals surface area contributed by atoms with E-state index >= 15 is 0 Å². The van der Waals surface area contributed by atoms with Crippen molar-refractivity contribution in [3.05, 3.63) is 0 Å². The molecule has 324 valence electrons. The van der Waals surface area contributed by atoms with Gasteiger partial charge in [-0.1, -0.05) is 84.0 Å². The first-order chi connectivity index (χ1) is 27.3. The molecule has 0 aliphatic heterocycles. The van der Waals surface area contributed by atoms with Crippen molar-refractivity contribution in [1.82, 2.24) is 0 Å². The lowest BCUT2D eigenvalue weighted by molar-refractivity contribution is -0.213. The van der Waals surface area contributed by atoms with Crippen LogP contribution in [0.5, 0.6) is 0 Å². The summed E-state index contributed by atoms with van der Waals surface area (Å²) < 4.78 is 64.3. The monoisotopic (exact) mass is 880 g/mol. The Bertz CT molecular complexity index is 1700. The van der Waals surface area contributed by atoms with Gasteiger partial charge in [-0.2, -0.15) is 0 Å². The Kier molecular flexibility index (Phi) is 26.0. The standard InChI is InChI=1S/C36H51O19P3/c1-3-5-7-9-11-13-14-15-16-17-19-21-23-25-30(38)52-28(26-50-29(37)24-22-20-18-12-10-8-6-4-2)27-51-58(48,49)55-36-32(40)34(53-56(42,43)44)31(39)35(33(36)41)54-57(45,46)47/h2,28,31-36,39-41H,3,5,7,9,11,13-17,19,21,23,25-27H2,1H3,(H,48,49)(H2,42,43,44)(H2,45,46,47)/t28-,31?,32-,33?,34-,35+,36?/m1/s1. The second-order valence-electron chi connectivity index (χ2n) is 12.8. The van der Waals surface area contributed by atoms with E-state index in [-0.39, 0.29) is 6.42 Å². The summed E-state index contributed by atoms with van der Waals surface area (Å²) in [5.41, 5.74) is 0. The van der Waals surface area contributed by atoms with Crippen LogP contribution in [0, 0.1) is 59.7 Å². The first-order valence-corrected chi connectivity index (χ1v) is 22.9. The molecule has 0 spiro atoms. The molecular weight excluding hydrogens is 829 g/mol. The number of carbonyl (C=O) groups excluding carboxylic acids is 2. The van der Waals surface area contributed by atoms with Gasteiger partial charge < -0.3 is 49.3 Å². The average Bonchev–Trinajstić information content (AvgIpc) is 3.14. The molecule has 0 amide bonds. The van der Waals surface area contributed by atoms with Crippen molar-refractivity contribution in [2.75, 3.05) is 13.2 Å². The summed E-state index contributed by atoms with van der Waals surface area (Å²) in [5.74, 6) is 17.9. The molecule has 0 radical (unpaired) electrons. The fourth-order valence-corrected chi connectivity index (χ4v) is 7.45. The molecule has 0 saturated heterocycles. The van der Waals surface area contributed by atoms with Crippen molar-refractivity contribution in [3.8, 4) is 59.7 Å². The summed E-state index contributed by atoms with van der Waals surface area (Å²) in [6.07, 6.45) is 1.95. The minimum atomic E-state index is -5.57. The maximum Gasteiger partial charge on any atom is 0.472 e. The highest BCUT2D eigenvalue weighted by molar-refractivity contribution is 7.47. The molecule has 1 aliphatic rings. The lowest BCUT2D eigenvalue weighted by Gasteiger charge is -2.44. The molecule has 8 N–H and O–H groups in total.